The Labute approximate surface area is 132 Å². The molecule has 0 radical (unpaired) electrons. The van der Waals surface area contributed by atoms with Gasteiger partial charge >= 0.3 is 0 Å². The van der Waals surface area contributed by atoms with E-state index in [1.807, 2.05) is 11.3 Å². The maximum atomic E-state index is 5.96. The molecule has 2 aromatic rings. The largest absolute Gasteiger partial charge is 0.489 e. The van der Waals surface area contributed by atoms with Crippen molar-refractivity contribution in [1.29, 1.82) is 0 Å². The summed E-state index contributed by atoms with van der Waals surface area (Å²) < 4.78 is 5.96. The number of hydrogen-bond acceptors (Lipinski definition) is 3. The average Bonchev–Trinajstić information content (AvgIpc) is 2.73. The van der Waals surface area contributed by atoms with Crippen LogP contribution in [0.4, 0.5) is 0 Å². The van der Waals surface area contributed by atoms with Crippen molar-refractivity contribution in [2.45, 2.75) is 53.8 Å². The summed E-state index contributed by atoms with van der Waals surface area (Å²) in [7, 11) is 0. The van der Waals surface area contributed by atoms with Crippen LogP contribution in [0.15, 0.2) is 24.3 Å². The Morgan fingerprint density at radius 3 is 2.33 bits per heavy atom. The number of hydrogen-bond donors (Lipinski definition) is 1. The maximum Gasteiger partial charge on any atom is 0.120 e. The molecule has 2 nitrogen and oxygen atoms in total. The van der Waals surface area contributed by atoms with Crippen LogP contribution in [-0.4, -0.2) is 6.04 Å². The fraction of sp³-hybridized carbons (Fsp3) is 0.444. The van der Waals surface area contributed by atoms with Crippen LogP contribution in [0.5, 0.6) is 5.75 Å². The molecule has 0 unspecified atom stereocenters. The van der Waals surface area contributed by atoms with Crippen molar-refractivity contribution in [3.8, 4) is 5.75 Å². The van der Waals surface area contributed by atoms with Gasteiger partial charge in [0.25, 0.3) is 0 Å². The van der Waals surface area contributed by atoms with Crippen LogP contribution in [0.1, 0.15) is 40.3 Å². The van der Waals surface area contributed by atoms with Crippen molar-refractivity contribution >= 4 is 11.3 Å². The van der Waals surface area contributed by atoms with Gasteiger partial charge in [0.1, 0.15) is 12.4 Å². The normalized spacial score (nSPS) is 11.1. The van der Waals surface area contributed by atoms with Crippen LogP contribution in [0.3, 0.4) is 0 Å². The lowest BCUT2D eigenvalue weighted by molar-refractivity contribution is 0.305. The van der Waals surface area contributed by atoms with Gasteiger partial charge in [-0.25, -0.2) is 0 Å². The molecule has 0 bridgehead atoms. The second kappa shape index (κ2) is 7.10. The first-order chi connectivity index (χ1) is 9.94. The molecule has 0 aliphatic carbocycles. The van der Waals surface area contributed by atoms with E-state index in [4.69, 9.17) is 4.74 Å². The number of ether oxygens (including phenoxy) is 1. The number of benzene rings is 1. The van der Waals surface area contributed by atoms with Crippen LogP contribution >= 0.6 is 11.3 Å². The highest BCUT2D eigenvalue weighted by molar-refractivity contribution is 7.12. The predicted octanol–water partition coefficient (Wildman–Crippen LogP) is 4.75. The summed E-state index contributed by atoms with van der Waals surface area (Å²) in [5, 5.41) is 3.46. The summed E-state index contributed by atoms with van der Waals surface area (Å²) in [6.07, 6.45) is 0. The summed E-state index contributed by atoms with van der Waals surface area (Å²) in [5.74, 6) is 0.958. The molecular formula is C18H25NOS. The molecule has 0 fully saturated rings. The number of rotatable bonds is 6. The van der Waals surface area contributed by atoms with Crippen molar-refractivity contribution in [1.82, 2.24) is 5.32 Å². The van der Waals surface area contributed by atoms with Crippen LogP contribution in [0, 0.1) is 20.8 Å². The van der Waals surface area contributed by atoms with Gasteiger partial charge in [0.15, 0.2) is 0 Å². The van der Waals surface area contributed by atoms with Crippen LogP contribution in [-0.2, 0) is 13.2 Å². The molecule has 0 atom stereocenters. The van der Waals surface area contributed by atoms with E-state index in [9.17, 15) is 0 Å². The Hall–Kier alpha value is -1.32. The smallest absolute Gasteiger partial charge is 0.120 e. The Kier molecular flexibility index (Phi) is 5.43. The van der Waals surface area contributed by atoms with E-state index in [0.717, 1.165) is 12.3 Å². The Morgan fingerprint density at radius 2 is 1.71 bits per heavy atom. The first kappa shape index (κ1) is 16.1. The molecule has 1 N–H and O–H groups in total. The van der Waals surface area contributed by atoms with E-state index in [0.29, 0.717) is 12.6 Å². The third kappa shape index (κ3) is 4.87. The summed E-state index contributed by atoms with van der Waals surface area (Å²) >= 11 is 1.86. The third-order valence-corrected chi connectivity index (χ3v) is 4.44. The molecule has 0 aliphatic heterocycles. The van der Waals surface area contributed by atoms with E-state index >= 15 is 0 Å². The lowest BCUT2D eigenvalue weighted by Crippen LogP contribution is -2.21. The highest BCUT2D eigenvalue weighted by Gasteiger charge is 2.07. The predicted molar refractivity (Wildman–Crippen MR) is 91.3 cm³/mol. The molecule has 0 saturated heterocycles. The number of nitrogens with one attached hydrogen (secondary N) is 1. The lowest BCUT2D eigenvalue weighted by Gasteiger charge is -2.08. The first-order valence-electron chi connectivity index (χ1n) is 7.46. The molecule has 21 heavy (non-hydrogen) atoms. The van der Waals surface area contributed by atoms with E-state index in [1.165, 1.54) is 26.4 Å². The van der Waals surface area contributed by atoms with Gasteiger partial charge in [-0.15, -0.1) is 11.3 Å². The molecule has 0 aliphatic rings. The van der Waals surface area contributed by atoms with E-state index < -0.39 is 0 Å². The number of thiophene rings is 1. The molecular weight excluding hydrogens is 278 g/mol. The van der Waals surface area contributed by atoms with Gasteiger partial charge in [-0.2, -0.15) is 0 Å². The Bertz CT molecular complexity index is 581. The monoisotopic (exact) mass is 303 g/mol. The third-order valence-electron chi connectivity index (χ3n) is 3.35. The SMILES string of the molecule is Cc1cc(C)cc(OCc2cc(CNC(C)C)sc2C)c1. The van der Waals surface area contributed by atoms with Crippen LogP contribution < -0.4 is 10.1 Å². The van der Waals surface area contributed by atoms with Crippen molar-refractivity contribution in [3.05, 3.63) is 50.7 Å². The van der Waals surface area contributed by atoms with Gasteiger partial charge < -0.3 is 10.1 Å². The zero-order chi connectivity index (χ0) is 15.4. The van der Waals surface area contributed by atoms with Crippen LogP contribution in [0.25, 0.3) is 0 Å². The highest BCUT2D eigenvalue weighted by Crippen LogP contribution is 2.24. The second-order valence-electron chi connectivity index (χ2n) is 5.94. The van der Waals surface area contributed by atoms with Crippen molar-refractivity contribution in [2.75, 3.05) is 0 Å². The van der Waals surface area contributed by atoms with Crippen molar-refractivity contribution in [3.63, 3.8) is 0 Å². The topological polar surface area (TPSA) is 21.3 Å². The molecule has 1 aromatic heterocycles. The molecule has 0 saturated carbocycles. The molecule has 1 aromatic carbocycles. The fourth-order valence-corrected chi connectivity index (χ4v) is 3.30. The minimum Gasteiger partial charge on any atom is -0.489 e. The Balaban J connectivity index is 1.99. The van der Waals surface area contributed by atoms with Gasteiger partial charge in [0, 0.05) is 27.9 Å². The van der Waals surface area contributed by atoms with Gasteiger partial charge in [-0.1, -0.05) is 19.9 Å². The number of aryl methyl sites for hydroxylation is 3. The summed E-state index contributed by atoms with van der Waals surface area (Å²) in [6.45, 7) is 12.3. The van der Waals surface area contributed by atoms with E-state index in [1.54, 1.807) is 0 Å². The molecule has 2 rings (SSSR count). The van der Waals surface area contributed by atoms with E-state index in [-0.39, 0.29) is 0 Å². The van der Waals surface area contributed by atoms with Gasteiger partial charge in [0.05, 0.1) is 0 Å². The minimum absolute atomic E-state index is 0.516. The lowest BCUT2D eigenvalue weighted by atomic mass is 10.1. The molecule has 0 amide bonds. The van der Waals surface area contributed by atoms with Gasteiger partial charge in [-0.05, 0) is 50.1 Å². The summed E-state index contributed by atoms with van der Waals surface area (Å²) in [4.78, 5) is 2.72. The summed E-state index contributed by atoms with van der Waals surface area (Å²) in [6, 6.07) is 9.13. The zero-order valence-corrected chi connectivity index (χ0v) is 14.4. The maximum absolute atomic E-state index is 5.96. The molecule has 3 heteroatoms. The average molecular weight is 303 g/mol. The first-order valence-corrected chi connectivity index (χ1v) is 8.28. The highest BCUT2D eigenvalue weighted by atomic mass is 32.1. The van der Waals surface area contributed by atoms with Crippen molar-refractivity contribution < 1.29 is 4.74 Å². The zero-order valence-electron chi connectivity index (χ0n) is 13.6. The summed E-state index contributed by atoms with van der Waals surface area (Å²) in [5.41, 5.74) is 3.78. The Morgan fingerprint density at radius 1 is 1.05 bits per heavy atom. The van der Waals surface area contributed by atoms with E-state index in [2.05, 4.69) is 64.2 Å². The standard InChI is InChI=1S/C18H25NOS/c1-12(2)19-10-18-9-16(15(5)21-18)11-20-17-7-13(3)6-14(4)8-17/h6-9,12,19H,10-11H2,1-5H3. The molecule has 114 valence electrons. The van der Waals surface area contributed by atoms with Gasteiger partial charge in [-0.3, -0.25) is 0 Å². The fourth-order valence-electron chi connectivity index (χ4n) is 2.30. The van der Waals surface area contributed by atoms with Gasteiger partial charge in [0.2, 0.25) is 0 Å². The molecule has 0 spiro atoms. The quantitative estimate of drug-likeness (QED) is 0.831. The minimum atomic E-state index is 0.516. The second-order valence-corrected chi connectivity index (χ2v) is 7.28. The molecule has 1 heterocycles. The van der Waals surface area contributed by atoms with Crippen LogP contribution in [0.2, 0.25) is 0 Å². The van der Waals surface area contributed by atoms with Crippen molar-refractivity contribution in [2.24, 2.45) is 0 Å².